The SMILES string of the molecule is NCCCCC(NC(=O)C(N)CCCN=C(N)N)C(=O)NC(Cc1c[nH]c2ccccc12)C(=O)O. The van der Waals surface area contributed by atoms with Crippen molar-refractivity contribution in [2.75, 3.05) is 13.1 Å². The number of aliphatic carboxylic acids is 1. The maximum atomic E-state index is 13.0. The quantitative estimate of drug-likeness (QED) is 0.0903. The van der Waals surface area contributed by atoms with Crippen LogP contribution in [0.4, 0.5) is 0 Å². The highest BCUT2D eigenvalue weighted by atomic mass is 16.4. The van der Waals surface area contributed by atoms with E-state index in [-0.39, 0.29) is 12.4 Å². The Bertz CT molecular complexity index is 1020. The van der Waals surface area contributed by atoms with Crippen LogP contribution in [0.5, 0.6) is 0 Å². The van der Waals surface area contributed by atoms with E-state index in [9.17, 15) is 19.5 Å². The zero-order valence-electron chi connectivity index (χ0n) is 19.7. The molecule has 1 heterocycles. The number of aliphatic imine (C=N–C) groups is 1. The van der Waals surface area contributed by atoms with Crippen molar-refractivity contribution >= 4 is 34.6 Å². The number of aromatic amines is 1. The second-order valence-electron chi connectivity index (χ2n) is 8.36. The number of amides is 2. The van der Waals surface area contributed by atoms with E-state index in [0.717, 1.165) is 16.5 Å². The average molecular weight is 489 g/mol. The molecule has 0 fully saturated rings. The predicted molar refractivity (Wildman–Crippen MR) is 134 cm³/mol. The number of fused-ring (bicyclic) bond motifs is 1. The van der Waals surface area contributed by atoms with Gasteiger partial charge in [-0.1, -0.05) is 18.2 Å². The second kappa shape index (κ2) is 13.9. The van der Waals surface area contributed by atoms with Crippen molar-refractivity contribution in [2.24, 2.45) is 27.9 Å². The number of benzene rings is 1. The average Bonchev–Trinajstić information content (AvgIpc) is 3.23. The maximum Gasteiger partial charge on any atom is 0.326 e. The number of hydrogen-bond donors (Lipinski definition) is 8. The molecule has 2 rings (SSSR count). The van der Waals surface area contributed by atoms with Crippen molar-refractivity contribution in [2.45, 2.75) is 56.7 Å². The molecule has 192 valence electrons. The van der Waals surface area contributed by atoms with Gasteiger partial charge in [0, 0.05) is 30.1 Å². The molecule has 0 saturated heterocycles. The number of carbonyl (C=O) groups excluding carboxylic acids is 2. The summed E-state index contributed by atoms with van der Waals surface area (Å²) in [5.41, 5.74) is 23.7. The smallest absolute Gasteiger partial charge is 0.326 e. The Kier molecular flexibility index (Phi) is 11.0. The number of carboxylic acid groups (broad SMARTS) is 1. The number of para-hydroxylation sites is 1. The maximum absolute atomic E-state index is 13.0. The predicted octanol–water partition coefficient (Wildman–Crippen LogP) is -0.725. The van der Waals surface area contributed by atoms with Crippen LogP contribution in [0, 0.1) is 0 Å². The number of carboxylic acids is 1. The molecular formula is C23H36N8O4. The molecule has 0 aliphatic heterocycles. The molecule has 0 spiro atoms. The van der Waals surface area contributed by atoms with Crippen LogP contribution >= 0.6 is 0 Å². The minimum atomic E-state index is -1.18. The molecule has 1 aromatic carbocycles. The van der Waals surface area contributed by atoms with E-state index in [4.69, 9.17) is 22.9 Å². The van der Waals surface area contributed by atoms with Crippen LogP contribution in [0.3, 0.4) is 0 Å². The Hall–Kier alpha value is -3.64. The lowest BCUT2D eigenvalue weighted by molar-refractivity contribution is -0.142. The van der Waals surface area contributed by atoms with Gasteiger partial charge >= 0.3 is 5.97 Å². The van der Waals surface area contributed by atoms with Crippen LogP contribution in [0.15, 0.2) is 35.5 Å². The van der Waals surface area contributed by atoms with Gasteiger partial charge in [0.25, 0.3) is 0 Å². The number of nitrogens with one attached hydrogen (secondary N) is 3. The first kappa shape index (κ1) is 27.6. The summed E-state index contributed by atoms with van der Waals surface area (Å²) >= 11 is 0. The fraction of sp³-hybridized carbons (Fsp3) is 0.478. The van der Waals surface area contributed by atoms with Crippen LogP contribution < -0.4 is 33.6 Å². The lowest BCUT2D eigenvalue weighted by atomic mass is 10.0. The number of nitrogens with two attached hydrogens (primary N) is 4. The molecule has 0 aliphatic carbocycles. The van der Waals surface area contributed by atoms with Crippen molar-refractivity contribution in [3.63, 3.8) is 0 Å². The number of guanidine groups is 1. The molecule has 0 aliphatic rings. The molecule has 12 heteroatoms. The summed E-state index contributed by atoms with van der Waals surface area (Å²) in [6, 6.07) is 4.52. The van der Waals surface area contributed by atoms with Gasteiger partial charge in [-0.3, -0.25) is 14.6 Å². The molecule has 12 N–H and O–H groups in total. The van der Waals surface area contributed by atoms with Crippen LogP contribution in [0.25, 0.3) is 10.9 Å². The van der Waals surface area contributed by atoms with Crippen LogP contribution in [-0.4, -0.2) is 65.0 Å². The lowest BCUT2D eigenvalue weighted by Crippen LogP contribution is -2.54. The highest BCUT2D eigenvalue weighted by molar-refractivity contribution is 5.92. The Morgan fingerprint density at radius 2 is 1.71 bits per heavy atom. The van der Waals surface area contributed by atoms with Gasteiger partial charge in [-0.05, 0) is 50.3 Å². The van der Waals surface area contributed by atoms with Gasteiger partial charge in [0.05, 0.1) is 6.04 Å². The van der Waals surface area contributed by atoms with Crippen molar-refractivity contribution in [1.29, 1.82) is 0 Å². The van der Waals surface area contributed by atoms with E-state index in [1.165, 1.54) is 0 Å². The van der Waals surface area contributed by atoms with Gasteiger partial charge in [0.15, 0.2) is 5.96 Å². The Labute approximate surface area is 203 Å². The fourth-order valence-corrected chi connectivity index (χ4v) is 3.68. The Balaban J connectivity index is 2.04. The number of H-pyrrole nitrogens is 1. The van der Waals surface area contributed by atoms with Gasteiger partial charge in [-0.25, -0.2) is 4.79 Å². The zero-order chi connectivity index (χ0) is 25.8. The van der Waals surface area contributed by atoms with Gasteiger partial charge in [0.2, 0.25) is 11.8 Å². The van der Waals surface area contributed by atoms with E-state index in [1.807, 2.05) is 24.3 Å². The molecule has 2 aromatic rings. The zero-order valence-corrected chi connectivity index (χ0v) is 19.7. The van der Waals surface area contributed by atoms with E-state index >= 15 is 0 Å². The van der Waals surface area contributed by atoms with Crippen molar-refractivity contribution < 1.29 is 19.5 Å². The normalized spacial score (nSPS) is 13.5. The van der Waals surface area contributed by atoms with Gasteiger partial charge in [-0.15, -0.1) is 0 Å². The van der Waals surface area contributed by atoms with Crippen molar-refractivity contribution in [3.05, 3.63) is 36.0 Å². The van der Waals surface area contributed by atoms with E-state index in [2.05, 4.69) is 20.6 Å². The van der Waals surface area contributed by atoms with E-state index in [1.54, 1.807) is 6.20 Å². The van der Waals surface area contributed by atoms with Gasteiger partial charge in [0.1, 0.15) is 12.1 Å². The van der Waals surface area contributed by atoms with Crippen LogP contribution in [-0.2, 0) is 20.8 Å². The Morgan fingerprint density at radius 3 is 2.40 bits per heavy atom. The minimum Gasteiger partial charge on any atom is -0.480 e. The van der Waals surface area contributed by atoms with Crippen molar-refractivity contribution in [1.82, 2.24) is 15.6 Å². The van der Waals surface area contributed by atoms with Gasteiger partial charge < -0.3 is 43.7 Å². The highest BCUT2D eigenvalue weighted by Gasteiger charge is 2.28. The summed E-state index contributed by atoms with van der Waals surface area (Å²) < 4.78 is 0. The number of rotatable bonds is 15. The largest absolute Gasteiger partial charge is 0.480 e. The molecule has 0 saturated carbocycles. The first-order valence-corrected chi connectivity index (χ1v) is 11.6. The molecule has 35 heavy (non-hydrogen) atoms. The third-order valence-electron chi connectivity index (χ3n) is 5.60. The molecule has 2 amide bonds. The van der Waals surface area contributed by atoms with E-state index in [0.29, 0.717) is 45.2 Å². The first-order chi connectivity index (χ1) is 16.7. The molecular weight excluding hydrogens is 452 g/mol. The summed E-state index contributed by atoms with van der Waals surface area (Å²) in [5.74, 6) is -2.31. The third-order valence-corrected chi connectivity index (χ3v) is 5.60. The molecule has 12 nitrogen and oxygen atoms in total. The second-order valence-corrected chi connectivity index (χ2v) is 8.36. The highest BCUT2D eigenvalue weighted by Crippen LogP contribution is 2.19. The number of hydrogen-bond acceptors (Lipinski definition) is 6. The molecule has 0 bridgehead atoms. The summed E-state index contributed by atoms with van der Waals surface area (Å²) in [4.78, 5) is 44.5. The summed E-state index contributed by atoms with van der Waals surface area (Å²) in [6.07, 6.45) is 4.15. The topological polar surface area (TPSA) is 228 Å². The van der Waals surface area contributed by atoms with Crippen LogP contribution in [0.1, 0.15) is 37.7 Å². The third kappa shape index (κ3) is 8.91. The molecule has 3 atom stereocenters. The first-order valence-electron chi connectivity index (χ1n) is 11.6. The number of nitrogens with zero attached hydrogens (tertiary/aromatic N) is 1. The van der Waals surface area contributed by atoms with Crippen LogP contribution in [0.2, 0.25) is 0 Å². The number of unbranched alkanes of at least 4 members (excludes halogenated alkanes) is 1. The number of carbonyl (C=O) groups is 3. The van der Waals surface area contributed by atoms with Crippen molar-refractivity contribution in [3.8, 4) is 0 Å². The standard InChI is InChI=1S/C23H36N8O4/c24-10-4-3-9-18(30-20(32)16(25)7-5-11-28-23(26)27)21(33)31-19(22(34)35)12-14-13-29-17-8-2-1-6-15(14)17/h1-2,6,8,13,16,18-19,29H,3-5,7,9-12,24-25H2,(H,30,32)(H,31,33)(H,34,35)(H4,26,27,28). The monoisotopic (exact) mass is 488 g/mol. The summed E-state index contributed by atoms with van der Waals surface area (Å²) in [5, 5.41) is 15.9. The summed E-state index contributed by atoms with van der Waals surface area (Å²) in [7, 11) is 0. The fourth-order valence-electron chi connectivity index (χ4n) is 3.68. The van der Waals surface area contributed by atoms with E-state index < -0.39 is 35.9 Å². The lowest BCUT2D eigenvalue weighted by Gasteiger charge is -2.23. The Morgan fingerprint density at radius 1 is 1.00 bits per heavy atom. The summed E-state index contributed by atoms with van der Waals surface area (Å²) in [6.45, 7) is 0.767. The minimum absolute atomic E-state index is 0.0414. The number of aromatic nitrogens is 1. The molecule has 0 radical (unpaired) electrons. The molecule has 3 unspecified atom stereocenters. The molecule has 1 aromatic heterocycles. The van der Waals surface area contributed by atoms with Gasteiger partial charge in [-0.2, -0.15) is 0 Å².